The van der Waals surface area contributed by atoms with Crippen LogP contribution in [0.5, 0.6) is 0 Å². The molecule has 2 rings (SSSR count). The standard InChI is InChI=1S/C16H14Cl2FNO2/c17-11-5-3-6-12(18)16(11)14(21)9-20-15(22)8-10-4-1-2-7-13(10)19/h1-7,14,21H,8-9H2,(H,20,22). The first-order valence-electron chi connectivity index (χ1n) is 6.61. The van der Waals surface area contributed by atoms with E-state index in [0.29, 0.717) is 21.2 Å². The van der Waals surface area contributed by atoms with Gasteiger partial charge in [0, 0.05) is 22.2 Å². The molecule has 6 heteroatoms. The molecule has 116 valence electrons. The molecule has 0 saturated carbocycles. The van der Waals surface area contributed by atoms with Crippen LogP contribution in [0.2, 0.25) is 10.0 Å². The molecule has 2 aromatic rings. The summed E-state index contributed by atoms with van der Waals surface area (Å²) in [7, 11) is 0. The van der Waals surface area contributed by atoms with E-state index in [9.17, 15) is 14.3 Å². The van der Waals surface area contributed by atoms with Gasteiger partial charge in [0.25, 0.3) is 0 Å². The molecule has 0 heterocycles. The van der Waals surface area contributed by atoms with E-state index in [0.717, 1.165) is 0 Å². The lowest BCUT2D eigenvalue weighted by atomic mass is 10.1. The number of aliphatic hydroxyl groups excluding tert-OH is 1. The number of rotatable bonds is 5. The quantitative estimate of drug-likeness (QED) is 0.873. The average Bonchev–Trinajstić information content (AvgIpc) is 2.47. The Morgan fingerprint density at radius 3 is 2.41 bits per heavy atom. The van der Waals surface area contributed by atoms with Crippen molar-refractivity contribution in [3.05, 3.63) is 69.5 Å². The molecular weight excluding hydrogens is 328 g/mol. The molecule has 22 heavy (non-hydrogen) atoms. The second-order valence-electron chi connectivity index (χ2n) is 4.72. The summed E-state index contributed by atoms with van der Waals surface area (Å²) in [4.78, 5) is 11.8. The van der Waals surface area contributed by atoms with Crippen molar-refractivity contribution in [3.63, 3.8) is 0 Å². The number of nitrogens with one attached hydrogen (secondary N) is 1. The van der Waals surface area contributed by atoms with E-state index in [1.807, 2.05) is 0 Å². The number of carbonyl (C=O) groups is 1. The zero-order valence-electron chi connectivity index (χ0n) is 11.5. The zero-order valence-corrected chi connectivity index (χ0v) is 13.0. The minimum Gasteiger partial charge on any atom is -0.386 e. The van der Waals surface area contributed by atoms with Crippen LogP contribution in [0.25, 0.3) is 0 Å². The second kappa shape index (κ2) is 7.58. The van der Waals surface area contributed by atoms with Crippen LogP contribution in [0.15, 0.2) is 42.5 Å². The summed E-state index contributed by atoms with van der Waals surface area (Å²) in [6.45, 7) is -0.0588. The van der Waals surface area contributed by atoms with Crippen molar-refractivity contribution in [2.24, 2.45) is 0 Å². The highest BCUT2D eigenvalue weighted by Gasteiger charge is 2.16. The molecule has 3 nitrogen and oxygen atoms in total. The summed E-state index contributed by atoms with van der Waals surface area (Å²) >= 11 is 12.0. The van der Waals surface area contributed by atoms with E-state index in [-0.39, 0.29) is 13.0 Å². The number of benzene rings is 2. The van der Waals surface area contributed by atoms with Crippen LogP contribution in [0.1, 0.15) is 17.2 Å². The Balaban J connectivity index is 1.95. The first-order valence-corrected chi connectivity index (χ1v) is 7.36. The molecule has 0 fully saturated rings. The van der Waals surface area contributed by atoms with E-state index < -0.39 is 17.8 Å². The summed E-state index contributed by atoms with van der Waals surface area (Å²) in [5, 5.41) is 13.3. The van der Waals surface area contributed by atoms with Gasteiger partial charge in [0.1, 0.15) is 5.82 Å². The Hall–Kier alpha value is -1.62. The number of carbonyl (C=O) groups excluding carboxylic acids is 1. The maximum absolute atomic E-state index is 13.5. The van der Waals surface area contributed by atoms with E-state index in [1.54, 1.807) is 30.3 Å². The summed E-state index contributed by atoms with van der Waals surface area (Å²) in [6.07, 6.45) is -1.14. The van der Waals surface area contributed by atoms with Gasteiger partial charge in [0.15, 0.2) is 0 Å². The van der Waals surface area contributed by atoms with Gasteiger partial charge in [-0.05, 0) is 23.8 Å². The van der Waals surface area contributed by atoms with Crippen LogP contribution in [-0.4, -0.2) is 17.6 Å². The number of halogens is 3. The van der Waals surface area contributed by atoms with Gasteiger partial charge in [-0.25, -0.2) is 4.39 Å². The first kappa shape index (κ1) is 16.7. The van der Waals surface area contributed by atoms with E-state index >= 15 is 0 Å². The van der Waals surface area contributed by atoms with Gasteiger partial charge in [0.05, 0.1) is 12.5 Å². The highest BCUT2D eigenvalue weighted by Crippen LogP contribution is 2.29. The van der Waals surface area contributed by atoms with Crippen molar-refractivity contribution in [2.45, 2.75) is 12.5 Å². The van der Waals surface area contributed by atoms with Gasteiger partial charge in [0.2, 0.25) is 5.91 Å². The highest BCUT2D eigenvalue weighted by molar-refractivity contribution is 6.36. The minimum absolute atomic E-state index is 0.0588. The Morgan fingerprint density at radius 1 is 1.14 bits per heavy atom. The minimum atomic E-state index is -1.04. The molecule has 0 aliphatic rings. The third-order valence-electron chi connectivity index (χ3n) is 3.13. The number of hydrogen-bond acceptors (Lipinski definition) is 2. The van der Waals surface area contributed by atoms with Crippen molar-refractivity contribution in [2.75, 3.05) is 6.54 Å². The Kier molecular flexibility index (Phi) is 5.77. The molecule has 0 aromatic heterocycles. The van der Waals surface area contributed by atoms with Crippen molar-refractivity contribution in [1.82, 2.24) is 5.32 Å². The highest BCUT2D eigenvalue weighted by atomic mass is 35.5. The predicted molar refractivity (Wildman–Crippen MR) is 84.5 cm³/mol. The predicted octanol–water partition coefficient (Wildman–Crippen LogP) is 3.52. The lowest BCUT2D eigenvalue weighted by Crippen LogP contribution is -2.30. The molecule has 0 aliphatic carbocycles. The van der Waals surface area contributed by atoms with Crippen molar-refractivity contribution in [1.29, 1.82) is 0 Å². The number of aliphatic hydroxyl groups is 1. The number of hydrogen-bond donors (Lipinski definition) is 2. The first-order chi connectivity index (χ1) is 10.5. The normalized spacial score (nSPS) is 12.0. The molecule has 2 aromatic carbocycles. The summed E-state index contributed by atoms with van der Waals surface area (Å²) in [6, 6.07) is 10.9. The summed E-state index contributed by atoms with van der Waals surface area (Å²) < 4.78 is 13.5. The van der Waals surface area contributed by atoms with Crippen molar-refractivity contribution in [3.8, 4) is 0 Å². The number of amides is 1. The topological polar surface area (TPSA) is 49.3 Å². The van der Waals surface area contributed by atoms with Crippen LogP contribution in [0.4, 0.5) is 4.39 Å². The fourth-order valence-electron chi connectivity index (χ4n) is 2.02. The zero-order chi connectivity index (χ0) is 16.1. The van der Waals surface area contributed by atoms with Gasteiger partial charge in [-0.15, -0.1) is 0 Å². The SMILES string of the molecule is O=C(Cc1ccccc1F)NCC(O)c1c(Cl)cccc1Cl. The molecule has 0 spiro atoms. The van der Waals surface area contributed by atoms with Crippen LogP contribution >= 0.6 is 23.2 Å². The Bertz CT molecular complexity index is 659. The molecule has 1 amide bonds. The van der Waals surface area contributed by atoms with Gasteiger partial charge < -0.3 is 10.4 Å². The molecule has 1 atom stereocenters. The van der Waals surface area contributed by atoms with Crippen molar-refractivity contribution >= 4 is 29.1 Å². The smallest absolute Gasteiger partial charge is 0.224 e. The molecule has 2 N–H and O–H groups in total. The molecule has 0 radical (unpaired) electrons. The summed E-state index contributed by atoms with van der Waals surface area (Å²) in [5.41, 5.74) is 0.655. The van der Waals surface area contributed by atoms with Gasteiger partial charge in [-0.2, -0.15) is 0 Å². The molecule has 0 bridgehead atoms. The third kappa shape index (κ3) is 4.19. The van der Waals surface area contributed by atoms with Gasteiger partial charge in [-0.1, -0.05) is 47.5 Å². The fraction of sp³-hybridized carbons (Fsp3) is 0.188. The maximum atomic E-state index is 13.5. The molecule has 0 aliphatic heterocycles. The third-order valence-corrected chi connectivity index (χ3v) is 3.79. The van der Waals surface area contributed by atoms with Crippen LogP contribution < -0.4 is 5.32 Å². The lowest BCUT2D eigenvalue weighted by molar-refractivity contribution is -0.120. The molecular formula is C16H14Cl2FNO2. The van der Waals surface area contributed by atoms with E-state index in [1.165, 1.54) is 12.1 Å². The van der Waals surface area contributed by atoms with Crippen LogP contribution in [0, 0.1) is 5.82 Å². The molecule has 1 unspecified atom stereocenters. The largest absolute Gasteiger partial charge is 0.386 e. The second-order valence-corrected chi connectivity index (χ2v) is 5.54. The Labute approximate surface area is 137 Å². The maximum Gasteiger partial charge on any atom is 0.224 e. The van der Waals surface area contributed by atoms with Gasteiger partial charge >= 0.3 is 0 Å². The Morgan fingerprint density at radius 2 is 1.77 bits per heavy atom. The van der Waals surface area contributed by atoms with E-state index in [4.69, 9.17) is 23.2 Å². The van der Waals surface area contributed by atoms with Crippen LogP contribution in [-0.2, 0) is 11.2 Å². The fourth-order valence-corrected chi connectivity index (χ4v) is 2.67. The molecule has 0 saturated heterocycles. The average molecular weight is 342 g/mol. The lowest BCUT2D eigenvalue weighted by Gasteiger charge is -2.15. The monoisotopic (exact) mass is 341 g/mol. The van der Waals surface area contributed by atoms with E-state index in [2.05, 4.69) is 5.32 Å². The van der Waals surface area contributed by atoms with Crippen LogP contribution in [0.3, 0.4) is 0 Å². The summed E-state index contributed by atoms with van der Waals surface area (Å²) in [5.74, 6) is -0.834. The van der Waals surface area contributed by atoms with Crippen molar-refractivity contribution < 1.29 is 14.3 Å². The van der Waals surface area contributed by atoms with Gasteiger partial charge in [-0.3, -0.25) is 4.79 Å².